The molecule has 0 spiro atoms. The standard InChI is InChI=1S/C19H20BrNO3S2/c1-2-24-19(23)17-14-4-3-5-15(14)26-18(17)21-16(22)11-25-10-12-6-8-13(20)9-7-12/h6-9H,2-5,10-11H2,1H3,(H,21,22). The molecule has 1 amide bonds. The monoisotopic (exact) mass is 453 g/mol. The number of halogens is 1. The summed E-state index contributed by atoms with van der Waals surface area (Å²) >= 11 is 6.49. The third-order valence-electron chi connectivity index (χ3n) is 4.07. The van der Waals surface area contributed by atoms with Crippen LogP contribution in [0.2, 0.25) is 0 Å². The van der Waals surface area contributed by atoms with Crippen molar-refractivity contribution >= 4 is 55.9 Å². The number of fused-ring (bicyclic) bond motifs is 1. The van der Waals surface area contributed by atoms with E-state index in [4.69, 9.17) is 4.74 Å². The molecule has 1 aromatic carbocycles. The molecule has 4 nitrogen and oxygen atoms in total. The van der Waals surface area contributed by atoms with Gasteiger partial charge in [0.25, 0.3) is 0 Å². The first-order chi connectivity index (χ1) is 12.6. The van der Waals surface area contributed by atoms with Crippen LogP contribution >= 0.6 is 39.0 Å². The van der Waals surface area contributed by atoms with E-state index in [2.05, 4.69) is 21.2 Å². The summed E-state index contributed by atoms with van der Waals surface area (Å²) < 4.78 is 6.23. The topological polar surface area (TPSA) is 55.4 Å². The highest BCUT2D eigenvalue weighted by atomic mass is 79.9. The van der Waals surface area contributed by atoms with Gasteiger partial charge in [-0.1, -0.05) is 28.1 Å². The summed E-state index contributed by atoms with van der Waals surface area (Å²) in [5.74, 6) is 0.704. The van der Waals surface area contributed by atoms with Crippen molar-refractivity contribution in [1.29, 1.82) is 0 Å². The number of benzene rings is 1. The molecule has 1 N–H and O–H groups in total. The van der Waals surface area contributed by atoms with Crippen LogP contribution in [0.25, 0.3) is 0 Å². The van der Waals surface area contributed by atoms with Crippen LogP contribution in [0.1, 0.15) is 39.7 Å². The minimum atomic E-state index is -0.329. The van der Waals surface area contributed by atoms with Gasteiger partial charge in [0.2, 0.25) is 5.91 Å². The lowest BCUT2D eigenvalue weighted by molar-refractivity contribution is -0.113. The zero-order chi connectivity index (χ0) is 18.5. The van der Waals surface area contributed by atoms with E-state index >= 15 is 0 Å². The Morgan fingerprint density at radius 3 is 2.77 bits per heavy atom. The molecule has 7 heteroatoms. The van der Waals surface area contributed by atoms with Crippen molar-refractivity contribution in [3.05, 3.63) is 50.3 Å². The van der Waals surface area contributed by atoms with Crippen molar-refractivity contribution in [1.82, 2.24) is 0 Å². The Bertz CT molecular complexity index is 802. The number of esters is 1. The average molecular weight is 454 g/mol. The maximum Gasteiger partial charge on any atom is 0.341 e. The molecule has 0 aliphatic heterocycles. The van der Waals surface area contributed by atoms with Gasteiger partial charge in [0.15, 0.2) is 0 Å². The first kappa shape index (κ1) is 19.5. The van der Waals surface area contributed by atoms with Crippen molar-refractivity contribution in [2.45, 2.75) is 31.9 Å². The van der Waals surface area contributed by atoms with Crippen LogP contribution in [0.3, 0.4) is 0 Å². The quantitative estimate of drug-likeness (QED) is 0.595. The first-order valence-corrected chi connectivity index (χ1v) is 11.3. The van der Waals surface area contributed by atoms with Crippen molar-refractivity contribution in [2.24, 2.45) is 0 Å². The predicted octanol–water partition coefficient (Wildman–Crippen LogP) is 5.05. The van der Waals surface area contributed by atoms with Gasteiger partial charge in [-0.3, -0.25) is 4.79 Å². The molecule has 3 rings (SSSR count). The number of amides is 1. The number of nitrogens with one attached hydrogen (secondary N) is 1. The number of hydrogen-bond donors (Lipinski definition) is 1. The van der Waals surface area contributed by atoms with Gasteiger partial charge >= 0.3 is 5.97 Å². The number of thiophene rings is 1. The molecule has 1 aliphatic carbocycles. The fraction of sp³-hybridized carbons (Fsp3) is 0.368. The van der Waals surface area contributed by atoms with E-state index in [1.807, 2.05) is 24.3 Å². The Hall–Kier alpha value is -1.31. The Morgan fingerprint density at radius 1 is 1.27 bits per heavy atom. The molecule has 1 aliphatic rings. The maximum atomic E-state index is 12.3. The van der Waals surface area contributed by atoms with Gasteiger partial charge in [-0.25, -0.2) is 4.79 Å². The van der Waals surface area contributed by atoms with E-state index in [1.165, 1.54) is 21.8 Å². The summed E-state index contributed by atoms with van der Waals surface area (Å²) in [7, 11) is 0. The third kappa shape index (κ3) is 4.69. The van der Waals surface area contributed by atoms with Crippen molar-refractivity contribution in [3.8, 4) is 0 Å². The first-order valence-electron chi connectivity index (χ1n) is 8.52. The van der Waals surface area contributed by atoms with Crippen LogP contribution in [0.4, 0.5) is 5.00 Å². The number of rotatable bonds is 7. The molecule has 1 heterocycles. The molecular formula is C19H20BrNO3S2. The molecule has 0 atom stereocenters. The molecule has 0 saturated heterocycles. The summed E-state index contributed by atoms with van der Waals surface area (Å²) in [6.07, 6.45) is 2.92. The van der Waals surface area contributed by atoms with E-state index in [0.717, 1.165) is 35.1 Å². The van der Waals surface area contributed by atoms with E-state index in [-0.39, 0.29) is 11.9 Å². The van der Waals surface area contributed by atoms with Gasteiger partial charge in [-0.05, 0) is 49.4 Å². The zero-order valence-electron chi connectivity index (χ0n) is 14.5. The lowest BCUT2D eigenvalue weighted by Crippen LogP contribution is -2.16. The van der Waals surface area contributed by atoms with Crippen LogP contribution in [-0.4, -0.2) is 24.2 Å². The minimum absolute atomic E-state index is 0.0856. The Kier molecular flexibility index (Phi) is 6.78. The number of hydrogen-bond acceptors (Lipinski definition) is 5. The molecular weight excluding hydrogens is 434 g/mol. The lowest BCUT2D eigenvalue weighted by atomic mass is 10.1. The van der Waals surface area contributed by atoms with Crippen LogP contribution < -0.4 is 5.32 Å². The highest BCUT2D eigenvalue weighted by Crippen LogP contribution is 2.39. The van der Waals surface area contributed by atoms with Gasteiger partial charge in [0, 0.05) is 15.1 Å². The van der Waals surface area contributed by atoms with Crippen molar-refractivity contribution in [3.63, 3.8) is 0 Å². The van der Waals surface area contributed by atoms with Gasteiger partial charge in [0.05, 0.1) is 17.9 Å². The zero-order valence-corrected chi connectivity index (χ0v) is 17.7. The smallest absolute Gasteiger partial charge is 0.341 e. The van der Waals surface area contributed by atoms with E-state index in [1.54, 1.807) is 18.7 Å². The summed E-state index contributed by atoms with van der Waals surface area (Å²) in [4.78, 5) is 25.8. The third-order valence-corrected chi connectivity index (χ3v) is 6.81. The van der Waals surface area contributed by atoms with Gasteiger partial charge in [-0.15, -0.1) is 23.1 Å². The summed E-state index contributed by atoms with van der Waals surface area (Å²) in [5, 5.41) is 3.57. The number of ether oxygens (including phenoxy) is 1. The van der Waals surface area contributed by atoms with Gasteiger partial charge in [0.1, 0.15) is 5.00 Å². The summed E-state index contributed by atoms with van der Waals surface area (Å²) in [5.41, 5.74) is 2.80. The highest BCUT2D eigenvalue weighted by Gasteiger charge is 2.28. The second-order valence-corrected chi connectivity index (χ2v) is 8.96. The normalized spacial score (nSPS) is 12.7. The maximum absolute atomic E-state index is 12.3. The Labute approximate surface area is 169 Å². The number of carbonyl (C=O) groups excluding carboxylic acids is 2. The summed E-state index contributed by atoms with van der Waals surface area (Å²) in [6, 6.07) is 8.07. The molecule has 0 saturated carbocycles. The molecule has 2 aromatic rings. The minimum Gasteiger partial charge on any atom is -0.462 e. The van der Waals surface area contributed by atoms with Crippen LogP contribution in [0, 0.1) is 0 Å². The second kappa shape index (κ2) is 9.06. The van der Waals surface area contributed by atoms with E-state index in [0.29, 0.717) is 22.9 Å². The molecule has 26 heavy (non-hydrogen) atoms. The highest BCUT2D eigenvalue weighted by molar-refractivity contribution is 9.10. The Morgan fingerprint density at radius 2 is 2.04 bits per heavy atom. The van der Waals surface area contributed by atoms with E-state index in [9.17, 15) is 9.59 Å². The number of aryl methyl sites for hydroxylation is 1. The summed E-state index contributed by atoms with van der Waals surface area (Å²) in [6.45, 7) is 2.13. The van der Waals surface area contributed by atoms with Crippen molar-refractivity contribution < 1.29 is 14.3 Å². The molecule has 0 radical (unpaired) electrons. The predicted molar refractivity (Wildman–Crippen MR) is 111 cm³/mol. The molecule has 0 bridgehead atoms. The molecule has 138 valence electrons. The van der Waals surface area contributed by atoms with Crippen molar-refractivity contribution in [2.75, 3.05) is 17.7 Å². The fourth-order valence-corrected chi connectivity index (χ4v) is 5.26. The van der Waals surface area contributed by atoms with Crippen LogP contribution in [0.15, 0.2) is 28.7 Å². The van der Waals surface area contributed by atoms with Crippen LogP contribution in [0.5, 0.6) is 0 Å². The molecule has 0 unspecified atom stereocenters. The molecule has 1 aromatic heterocycles. The van der Waals surface area contributed by atoms with Crippen LogP contribution in [-0.2, 0) is 28.1 Å². The number of anilines is 1. The lowest BCUT2D eigenvalue weighted by Gasteiger charge is -2.08. The Balaban J connectivity index is 1.60. The SMILES string of the molecule is CCOC(=O)c1c(NC(=O)CSCc2ccc(Br)cc2)sc2c1CCC2. The molecule has 0 fully saturated rings. The average Bonchev–Trinajstić information content (AvgIpc) is 3.17. The van der Waals surface area contributed by atoms with Gasteiger partial charge in [-0.2, -0.15) is 0 Å². The second-order valence-electron chi connectivity index (χ2n) is 5.95. The largest absolute Gasteiger partial charge is 0.462 e. The fourth-order valence-electron chi connectivity index (χ4n) is 2.92. The number of thioether (sulfide) groups is 1. The number of carbonyl (C=O) groups is 2. The van der Waals surface area contributed by atoms with E-state index < -0.39 is 0 Å². The van der Waals surface area contributed by atoms with Gasteiger partial charge < -0.3 is 10.1 Å².